The molecule has 0 aliphatic rings. The molecule has 0 saturated carbocycles. The van der Waals surface area contributed by atoms with Crippen molar-refractivity contribution in [2.45, 2.75) is 6.92 Å². The molecule has 4 nitrogen and oxygen atoms in total. The number of aryl methyl sites for hydroxylation is 1. The second kappa shape index (κ2) is 2.92. The van der Waals surface area contributed by atoms with E-state index in [1.54, 1.807) is 17.5 Å². The smallest absolute Gasteiger partial charge is 0.204 e. The summed E-state index contributed by atoms with van der Waals surface area (Å²) >= 11 is 3.33. The van der Waals surface area contributed by atoms with Gasteiger partial charge >= 0.3 is 0 Å². The van der Waals surface area contributed by atoms with E-state index in [-0.39, 0.29) is 0 Å². The zero-order valence-corrected chi connectivity index (χ0v) is 8.45. The first-order chi connectivity index (χ1) is 6.22. The highest BCUT2D eigenvalue weighted by molar-refractivity contribution is 9.10. The van der Waals surface area contributed by atoms with Crippen LogP contribution in [0.4, 0.5) is 5.82 Å². The van der Waals surface area contributed by atoms with Crippen LogP contribution in [-0.4, -0.2) is 9.38 Å². The Morgan fingerprint density at radius 3 is 3.08 bits per heavy atom. The summed E-state index contributed by atoms with van der Waals surface area (Å²) < 4.78 is 2.59. The highest BCUT2D eigenvalue weighted by Gasteiger charge is 2.07. The van der Waals surface area contributed by atoms with Gasteiger partial charge in [-0.2, -0.15) is 0 Å². The topological polar surface area (TPSA) is 46.7 Å². The summed E-state index contributed by atoms with van der Waals surface area (Å²) in [5.41, 5.74) is 1.37. The Labute approximate surface area is 82.7 Å². The van der Waals surface area contributed by atoms with Crippen molar-refractivity contribution in [3.05, 3.63) is 33.4 Å². The second-order valence-electron chi connectivity index (χ2n) is 2.69. The molecule has 66 valence electrons. The molecule has 5 heteroatoms. The molecule has 0 unspecified atom stereocenters. The van der Waals surface area contributed by atoms with Crippen LogP contribution in [0, 0.1) is 11.8 Å². The van der Waals surface area contributed by atoms with Crippen LogP contribution in [0.25, 0.3) is 5.65 Å². The normalized spacial score (nSPS) is 10.6. The number of nitrogens with zero attached hydrogens (tertiary/aromatic N) is 3. The maximum Gasteiger partial charge on any atom is 0.204 e. The summed E-state index contributed by atoms with van der Waals surface area (Å²) in [6.07, 6.45) is 1.76. The molecule has 0 amide bonds. The molecule has 0 radical (unpaired) electrons. The van der Waals surface area contributed by atoms with Crippen molar-refractivity contribution in [2.75, 3.05) is 0 Å². The van der Waals surface area contributed by atoms with Crippen LogP contribution in [-0.2, 0) is 0 Å². The first-order valence-corrected chi connectivity index (χ1v) is 4.49. The van der Waals surface area contributed by atoms with Gasteiger partial charge in [0.15, 0.2) is 0 Å². The average Bonchev–Trinajstić information content (AvgIpc) is 2.39. The number of nitroso groups, excluding NO2 is 1. The predicted molar refractivity (Wildman–Crippen MR) is 53.1 cm³/mol. The number of aromatic nitrogens is 2. The molecule has 0 atom stereocenters. The molecular formula is C8H6BrN3O. The van der Waals surface area contributed by atoms with Gasteiger partial charge in [-0.3, -0.25) is 4.40 Å². The van der Waals surface area contributed by atoms with E-state index in [0.29, 0.717) is 11.5 Å². The lowest BCUT2D eigenvalue weighted by molar-refractivity contribution is 1.15. The Morgan fingerprint density at radius 1 is 1.62 bits per heavy atom. The lowest BCUT2D eigenvalue weighted by Crippen LogP contribution is -1.81. The minimum atomic E-state index is 0.363. The van der Waals surface area contributed by atoms with E-state index in [0.717, 1.165) is 10.1 Å². The largest absolute Gasteiger partial charge is 0.281 e. The van der Waals surface area contributed by atoms with Gasteiger partial charge in [-0.25, -0.2) is 4.98 Å². The van der Waals surface area contributed by atoms with Gasteiger partial charge in [0.25, 0.3) is 0 Å². The molecule has 0 saturated heterocycles. The fraction of sp³-hybridized carbons (Fsp3) is 0.125. The predicted octanol–water partition coefficient (Wildman–Crippen LogP) is 2.80. The van der Waals surface area contributed by atoms with E-state index < -0.39 is 0 Å². The third kappa shape index (κ3) is 1.25. The summed E-state index contributed by atoms with van der Waals surface area (Å²) in [7, 11) is 0. The molecule has 13 heavy (non-hydrogen) atoms. The fourth-order valence-electron chi connectivity index (χ4n) is 1.23. The molecule has 2 aromatic rings. The van der Waals surface area contributed by atoms with Crippen molar-refractivity contribution in [3.8, 4) is 0 Å². The van der Waals surface area contributed by atoms with Gasteiger partial charge in [0.05, 0.1) is 5.69 Å². The second-order valence-corrected chi connectivity index (χ2v) is 3.60. The summed E-state index contributed by atoms with van der Waals surface area (Å²) in [6, 6.07) is 3.67. The van der Waals surface area contributed by atoms with Crippen molar-refractivity contribution < 1.29 is 0 Å². The Bertz CT molecular complexity index is 477. The molecule has 0 spiro atoms. The highest BCUT2D eigenvalue weighted by atomic mass is 79.9. The highest BCUT2D eigenvalue weighted by Crippen LogP contribution is 2.22. The maximum atomic E-state index is 10.5. The van der Waals surface area contributed by atoms with Crippen molar-refractivity contribution in [2.24, 2.45) is 5.18 Å². The zero-order valence-electron chi connectivity index (χ0n) is 6.86. The molecule has 2 aromatic heterocycles. The van der Waals surface area contributed by atoms with Crippen LogP contribution in [0.15, 0.2) is 28.0 Å². The third-order valence-corrected chi connectivity index (χ3v) is 2.31. The standard InChI is InChI=1S/C8H6BrN3O/c1-5-8(11-13)12-3-2-6(9)4-7(12)10-5/h2-4H,1H3. The number of hydrogen-bond acceptors (Lipinski definition) is 3. The lowest BCUT2D eigenvalue weighted by atomic mass is 10.5. The summed E-state index contributed by atoms with van der Waals surface area (Å²) in [5.74, 6) is 0.363. The Hall–Kier alpha value is -1.23. The molecule has 0 aromatic carbocycles. The van der Waals surface area contributed by atoms with Gasteiger partial charge in [-0.15, -0.1) is 4.91 Å². The third-order valence-electron chi connectivity index (χ3n) is 1.82. The van der Waals surface area contributed by atoms with Crippen LogP contribution in [0.3, 0.4) is 0 Å². The number of halogens is 1. The molecule has 0 bridgehead atoms. The van der Waals surface area contributed by atoms with Crippen molar-refractivity contribution >= 4 is 27.4 Å². The molecule has 0 aliphatic heterocycles. The molecule has 2 rings (SSSR count). The number of rotatable bonds is 1. The quantitative estimate of drug-likeness (QED) is 0.719. The summed E-state index contributed by atoms with van der Waals surface area (Å²) in [6.45, 7) is 1.76. The van der Waals surface area contributed by atoms with E-state index in [1.807, 2.05) is 12.1 Å². The Kier molecular flexibility index (Phi) is 1.88. The SMILES string of the molecule is Cc1nc2cc(Br)ccn2c1N=O. The van der Waals surface area contributed by atoms with E-state index in [4.69, 9.17) is 0 Å². The fourth-order valence-corrected chi connectivity index (χ4v) is 1.56. The van der Waals surface area contributed by atoms with Crippen LogP contribution in [0.5, 0.6) is 0 Å². The van der Waals surface area contributed by atoms with Crippen LogP contribution in [0.1, 0.15) is 5.69 Å². The first-order valence-electron chi connectivity index (χ1n) is 3.70. The number of hydrogen-bond donors (Lipinski definition) is 0. The molecule has 2 heterocycles. The first kappa shape index (κ1) is 8.37. The number of fused-ring (bicyclic) bond motifs is 1. The average molecular weight is 240 g/mol. The van der Waals surface area contributed by atoms with Crippen LogP contribution < -0.4 is 0 Å². The maximum absolute atomic E-state index is 10.5. The van der Waals surface area contributed by atoms with E-state index in [2.05, 4.69) is 26.1 Å². The minimum Gasteiger partial charge on any atom is -0.281 e. The van der Waals surface area contributed by atoms with Gasteiger partial charge in [0.2, 0.25) is 5.82 Å². The Balaban J connectivity index is 2.86. The molecule has 0 aliphatic carbocycles. The summed E-state index contributed by atoms with van der Waals surface area (Å²) in [5, 5.41) is 2.92. The molecule has 0 fully saturated rings. The van der Waals surface area contributed by atoms with Crippen molar-refractivity contribution in [3.63, 3.8) is 0 Å². The number of pyridine rings is 1. The van der Waals surface area contributed by atoms with E-state index in [9.17, 15) is 4.91 Å². The van der Waals surface area contributed by atoms with Crippen LogP contribution in [0.2, 0.25) is 0 Å². The van der Waals surface area contributed by atoms with Gasteiger partial charge in [-0.1, -0.05) is 15.9 Å². The van der Waals surface area contributed by atoms with E-state index in [1.165, 1.54) is 0 Å². The summed E-state index contributed by atoms with van der Waals surface area (Å²) in [4.78, 5) is 14.6. The molecular weight excluding hydrogens is 234 g/mol. The molecule has 0 N–H and O–H groups in total. The van der Waals surface area contributed by atoms with Gasteiger partial charge in [0.1, 0.15) is 5.65 Å². The minimum absolute atomic E-state index is 0.363. The lowest BCUT2D eigenvalue weighted by Gasteiger charge is -1.93. The van der Waals surface area contributed by atoms with Crippen LogP contribution >= 0.6 is 15.9 Å². The van der Waals surface area contributed by atoms with Crippen molar-refractivity contribution in [1.82, 2.24) is 9.38 Å². The van der Waals surface area contributed by atoms with Gasteiger partial charge in [0, 0.05) is 10.7 Å². The van der Waals surface area contributed by atoms with Gasteiger partial charge in [-0.05, 0) is 24.2 Å². The Morgan fingerprint density at radius 2 is 2.38 bits per heavy atom. The monoisotopic (exact) mass is 239 g/mol. The van der Waals surface area contributed by atoms with E-state index >= 15 is 0 Å². The van der Waals surface area contributed by atoms with Crippen molar-refractivity contribution in [1.29, 1.82) is 0 Å². The van der Waals surface area contributed by atoms with Gasteiger partial charge < -0.3 is 0 Å². The zero-order chi connectivity index (χ0) is 9.42. The number of imidazole rings is 1.